The molecule has 0 bridgehead atoms. The van der Waals surface area contributed by atoms with Crippen molar-refractivity contribution in [1.82, 2.24) is 0 Å². The Kier molecular flexibility index (Phi) is 4.18. The first-order valence-electron chi connectivity index (χ1n) is 7.20. The Labute approximate surface area is 124 Å². The third-order valence-corrected chi connectivity index (χ3v) is 3.54. The molecule has 106 valence electrons. The van der Waals surface area contributed by atoms with Crippen LogP contribution >= 0.6 is 0 Å². The summed E-state index contributed by atoms with van der Waals surface area (Å²) in [5, 5.41) is 8.80. The van der Waals surface area contributed by atoms with E-state index in [1.54, 1.807) is 0 Å². The highest BCUT2D eigenvalue weighted by molar-refractivity contribution is 5.64. The molecule has 0 aliphatic carbocycles. The van der Waals surface area contributed by atoms with Crippen molar-refractivity contribution in [3.63, 3.8) is 0 Å². The fraction of sp³-hybridized carbons (Fsp3) is 0.278. The van der Waals surface area contributed by atoms with Gasteiger partial charge in [-0.3, -0.25) is 0 Å². The molecular weight excluding hydrogens is 262 g/mol. The van der Waals surface area contributed by atoms with Crippen molar-refractivity contribution in [2.75, 3.05) is 13.2 Å². The Bertz CT molecular complexity index is 622. The minimum Gasteiger partial charge on any atom is -0.494 e. The highest BCUT2D eigenvalue weighted by Crippen LogP contribution is 2.23. The van der Waals surface area contributed by atoms with Gasteiger partial charge >= 0.3 is 0 Å². The maximum absolute atomic E-state index is 8.80. The molecule has 21 heavy (non-hydrogen) atoms. The van der Waals surface area contributed by atoms with Crippen LogP contribution in [0.1, 0.15) is 18.4 Å². The lowest BCUT2D eigenvalue weighted by Gasteiger charge is -2.07. The van der Waals surface area contributed by atoms with E-state index >= 15 is 0 Å². The Morgan fingerprint density at radius 1 is 1.05 bits per heavy atom. The van der Waals surface area contributed by atoms with Crippen LogP contribution in [0.3, 0.4) is 0 Å². The molecular formula is C18H17NO2. The van der Waals surface area contributed by atoms with Crippen LogP contribution in [-0.2, 0) is 4.74 Å². The normalized spacial score (nSPS) is 16.2. The first kappa shape index (κ1) is 13.7. The van der Waals surface area contributed by atoms with Gasteiger partial charge in [0.05, 0.1) is 31.0 Å². The summed E-state index contributed by atoms with van der Waals surface area (Å²) in [5.41, 5.74) is 2.91. The SMILES string of the molecule is N#Cc1ccc(-c2ccc(OCCC[C@H]3CO3)cc2)cc1. The summed E-state index contributed by atoms with van der Waals surface area (Å²) in [7, 11) is 0. The molecule has 0 radical (unpaired) electrons. The number of hydrogen-bond donors (Lipinski definition) is 0. The van der Waals surface area contributed by atoms with Crippen LogP contribution in [0.15, 0.2) is 48.5 Å². The number of nitrogens with zero attached hydrogens (tertiary/aromatic N) is 1. The van der Waals surface area contributed by atoms with E-state index in [-0.39, 0.29) is 0 Å². The van der Waals surface area contributed by atoms with E-state index in [4.69, 9.17) is 14.7 Å². The average molecular weight is 279 g/mol. The zero-order valence-corrected chi connectivity index (χ0v) is 11.8. The minimum atomic E-state index is 0.479. The van der Waals surface area contributed by atoms with Gasteiger partial charge in [0, 0.05) is 0 Å². The molecule has 2 aromatic rings. The van der Waals surface area contributed by atoms with Crippen molar-refractivity contribution >= 4 is 0 Å². The Balaban J connectivity index is 1.56. The second-order valence-electron chi connectivity index (χ2n) is 5.16. The van der Waals surface area contributed by atoms with E-state index in [9.17, 15) is 0 Å². The van der Waals surface area contributed by atoms with E-state index in [0.717, 1.165) is 42.9 Å². The van der Waals surface area contributed by atoms with Gasteiger partial charge in [-0.2, -0.15) is 5.26 Å². The molecule has 2 aromatic carbocycles. The summed E-state index contributed by atoms with van der Waals surface area (Å²) < 4.78 is 10.9. The van der Waals surface area contributed by atoms with E-state index in [1.807, 2.05) is 48.5 Å². The number of epoxide rings is 1. The number of hydrogen-bond acceptors (Lipinski definition) is 3. The molecule has 1 aliphatic rings. The quantitative estimate of drug-likeness (QED) is 0.597. The van der Waals surface area contributed by atoms with Crippen molar-refractivity contribution in [1.29, 1.82) is 5.26 Å². The van der Waals surface area contributed by atoms with Crippen LogP contribution in [0.5, 0.6) is 5.75 Å². The second kappa shape index (κ2) is 6.43. The molecule has 3 nitrogen and oxygen atoms in total. The van der Waals surface area contributed by atoms with Gasteiger partial charge in [-0.05, 0) is 48.2 Å². The van der Waals surface area contributed by atoms with Crippen molar-refractivity contribution in [2.45, 2.75) is 18.9 Å². The summed E-state index contributed by atoms with van der Waals surface area (Å²) in [4.78, 5) is 0. The molecule has 1 atom stereocenters. The van der Waals surface area contributed by atoms with E-state index < -0.39 is 0 Å². The van der Waals surface area contributed by atoms with Crippen LogP contribution in [0.4, 0.5) is 0 Å². The standard InChI is InChI=1S/C18H17NO2/c19-12-14-3-5-15(6-4-14)16-7-9-17(10-8-16)20-11-1-2-18-13-21-18/h3-10,18H,1-2,11,13H2/t18-/m0/s1. The first-order valence-corrected chi connectivity index (χ1v) is 7.20. The highest BCUT2D eigenvalue weighted by Gasteiger charge is 2.21. The zero-order chi connectivity index (χ0) is 14.5. The lowest BCUT2D eigenvalue weighted by atomic mass is 10.0. The van der Waals surface area contributed by atoms with Gasteiger partial charge in [-0.1, -0.05) is 24.3 Å². The number of benzene rings is 2. The molecule has 1 aliphatic heterocycles. The lowest BCUT2D eigenvalue weighted by Crippen LogP contribution is -1.99. The van der Waals surface area contributed by atoms with Crippen molar-refractivity contribution < 1.29 is 9.47 Å². The summed E-state index contributed by atoms with van der Waals surface area (Å²) in [6, 6.07) is 17.8. The molecule has 0 saturated carbocycles. The molecule has 1 heterocycles. The van der Waals surface area contributed by atoms with Gasteiger partial charge in [0.25, 0.3) is 0 Å². The van der Waals surface area contributed by atoms with Gasteiger partial charge in [-0.25, -0.2) is 0 Å². The zero-order valence-electron chi connectivity index (χ0n) is 11.8. The summed E-state index contributed by atoms with van der Waals surface area (Å²) in [6.07, 6.45) is 2.60. The molecule has 1 saturated heterocycles. The van der Waals surface area contributed by atoms with Gasteiger partial charge in [0.1, 0.15) is 5.75 Å². The fourth-order valence-corrected chi connectivity index (χ4v) is 2.22. The van der Waals surface area contributed by atoms with Crippen LogP contribution in [0, 0.1) is 11.3 Å². The third-order valence-electron chi connectivity index (χ3n) is 3.54. The van der Waals surface area contributed by atoms with E-state index in [0.29, 0.717) is 11.7 Å². The lowest BCUT2D eigenvalue weighted by molar-refractivity contribution is 0.294. The average Bonchev–Trinajstić information content (AvgIpc) is 3.37. The van der Waals surface area contributed by atoms with Crippen LogP contribution in [0.25, 0.3) is 11.1 Å². The molecule has 1 fully saturated rings. The number of rotatable bonds is 6. The molecule has 0 aromatic heterocycles. The molecule has 0 unspecified atom stereocenters. The van der Waals surface area contributed by atoms with Crippen molar-refractivity contribution in [2.24, 2.45) is 0 Å². The number of ether oxygens (including phenoxy) is 2. The molecule has 0 amide bonds. The Morgan fingerprint density at radius 3 is 2.24 bits per heavy atom. The largest absolute Gasteiger partial charge is 0.494 e. The van der Waals surface area contributed by atoms with Crippen LogP contribution in [0.2, 0.25) is 0 Å². The van der Waals surface area contributed by atoms with Crippen LogP contribution < -0.4 is 4.74 Å². The van der Waals surface area contributed by atoms with Gasteiger partial charge in [-0.15, -0.1) is 0 Å². The second-order valence-corrected chi connectivity index (χ2v) is 5.16. The predicted molar refractivity (Wildman–Crippen MR) is 81.1 cm³/mol. The molecule has 0 spiro atoms. The van der Waals surface area contributed by atoms with Gasteiger partial charge in [0.2, 0.25) is 0 Å². The van der Waals surface area contributed by atoms with E-state index in [1.165, 1.54) is 0 Å². The Morgan fingerprint density at radius 2 is 1.67 bits per heavy atom. The van der Waals surface area contributed by atoms with E-state index in [2.05, 4.69) is 6.07 Å². The molecule has 3 rings (SSSR count). The first-order chi connectivity index (χ1) is 10.3. The summed E-state index contributed by atoms with van der Waals surface area (Å²) in [6.45, 7) is 1.65. The van der Waals surface area contributed by atoms with Crippen molar-refractivity contribution in [3.8, 4) is 22.9 Å². The maximum atomic E-state index is 8.80. The fourth-order valence-electron chi connectivity index (χ4n) is 2.22. The highest BCUT2D eigenvalue weighted by atomic mass is 16.6. The number of nitriles is 1. The Hall–Kier alpha value is -2.31. The predicted octanol–water partition coefficient (Wildman–Crippen LogP) is 3.78. The van der Waals surface area contributed by atoms with Crippen LogP contribution in [-0.4, -0.2) is 19.3 Å². The maximum Gasteiger partial charge on any atom is 0.119 e. The van der Waals surface area contributed by atoms with Gasteiger partial charge < -0.3 is 9.47 Å². The molecule has 0 N–H and O–H groups in total. The van der Waals surface area contributed by atoms with Gasteiger partial charge in [0.15, 0.2) is 0 Å². The third kappa shape index (κ3) is 3.84. The topological polar surface area (TPSA) is 45.5 Å². The minimum absolute atomic E-state index is 0.479. The molecule has 3 heteroatoms. The monoisotopic (exact) mass is 279 g/mol. The summed E-state index contributed by atoms with van der Waals surface area (Å²) in [5.74, 6) is 0.893. The smallest absolute Gasteiger partial charge is 0.119 e. The summed E-state index contributed by atoms with van der Waals surface area (Å²) >= 11 is 0. The van der Waals surface area contributed by atoms with Crippen molar-refractivity contribution in [3.05, 3.63) is 54.1 Å².